The number of alkyl halides is 3. The van der Waals surface area contributed by atoms with Gasteiger partial charge in [0.05, 0.1) is 23.4 Å². The van der Waals surface area contributed by atoms with Crippen molar-refractivity contribution >= 4 is 17.6 Å². The topological polar surface area (TPSA) is 66.8 Å². The molecule has 1 amide bonds. The van der Waals surface area contributed by atoms with E-state index in [1.807, 2.05) is 0 Å². The predicted octanol–water partition coefficient (Wildman–Crippen LogP) is 3.44. The number of hydrogen-bond donors (Lipinski definition) is 1. The molecule has 1 aliphatic rings. The number of anilines is 1. The highest BCUT2D eigenvalue weighted by Crippen LogP contribution is 2.34. The second-order valence-corrected chi connectivity index (χ2v) is 5.37. The molecule has 2 aromatic rings. The maximum absolute atomic E-state index is 12.6. The van der Waals surface area contributed by atoms with Gasteiger partial charge in [0.15, 0.2) is 0 Å². The molecule has 0 saturated carbocycles. The fourth-order valence-corrected chi connectivity index (χ4v) is 2.52. The lowest BCUT2D eigenvalue weighted by atomic mass is 10.1. The Balaban J connectivity index is 1.90. The molecule has 0 spiro atoms. The van der Waals surface area contributed by atoms with Gasteiger partial charge in [-0.3, -0.25) is 4.79 Å². The molecule has 0 radical (unpaired) electrons. The molecule has 3 rings (SSSR count). The van der Waals surface area contributed by atoms with Crippen molar-refractivity contribution < 1.29 is 32.6 Å². The van der Waals surface area contributed by atoms with Crippen LogP contribution in [0.3, 0.4) is 0 Å². The Bertz CT molecular complexity index is 831. The Kier molecular flexibility index (Phi) is 4.12. The molecule has 25 heavy (non-hydrogen) atoms. The third-order valence-corrected chi connectivity index (χ3v) is 3.77. The summed E-state index contributed by atoms with van der Waals surface area (Å²) in [6.45, 7) is 0.363. The number of hydrogen-bond acceptors (Lipinski definition) is 3. The molecule has 5 nitrogen and oxygen atoms in total. The van der Waals surface area contributed by atoms with Crippen LogP contribution in [0.25, 0.3) is 0 Å². The molecule has 1 aliphatic heterocycles. The summed E-state index contributed by atoms with van der Waals surface area (Å²) in [7, 11) is 0. The van der Waals surface area contributed by atoms with Crippen LogP contribution in [-0.4, -0.2) is 30.1 Å². The number of carboxylic acid groups (broad SMARTS) is 1. The van der Waals surface area contributed by atoms with Gasteiger partial charge in [0.2, 0.25) is 0 Å². The number of rotatable bonds is 2. The lowest BCUT2D eigenvalue weighted by molar-refractivity contribution is -0.137. The third-order valence-electron chi connectivity index (χ3n) is 3.77. The van der Waals surface area contributed by atoms with Crippen molar-refractivity contribution in [2.45, 2.75) is 6.18 Å². The molecule has 0 fully saturated rings. The van der Waals surface area contributed by atoms with E-state index in [1.165, 1.54) is 23.1 Å². The van der Waals surface area contributed by atoms with Crippen LogP contribution in [-0.2, 0) is 6.18 Å². The Hall–Kier alpha value is -3.03. The minimum Gasteiger partial charge on any atom is -0.490 e. The molecule has 0 aromatic heterocycles. The van der Waals surface area contributed by atoms with Crippen LogP contribution in [0.4, 0.5) is 18.9 Å². The number of carbonyl (C=O) groups is 2. The van der Waals surface area contributed by atoms with Gasteiger partial charge in [-0.1, -0.05) is 0 Å². The van der Waals surface area contributed by atoms with Gasteiger partial charge >= 0.3 is 12.1 Å². The van der Waals surface area contributed by atoms with E-state index in [9.17, 15) is 22.8 Å². The highest BCUT2D eigenvalue weighted by molar-refractivity contribution is 6.07. The molecule has 8 heteroatoms. The van der Waals surface area contributed by atoms with E-state index in [2.05, 4.69) is 0 Å². The van der Waals surface area contributed by atoms with E-state index in [4.69, 9.17) is 9.84 Å². The zero-order valence-electron chi connectivity index (χ0n) is 12.7. The molecule has 130 valence electrons. The maximum atomic E-state index is 12.6. The number of amides is 1. The lowest BCUT2D eigenvalue weighted by Gasteiger charge is -2.29. The van der Waals surface area contributed by atoms with Crippen LogP contribution >= 0.6 is 0 Å². The van der Waals surface area contributed by atoms with Crippen molar-refractivity contribution in [1.82, 2.24) is 0 Å². The van der Waals surface area contributed by atoms with Crippen LogP contribution in [0.2, 0.25) is 0 Å². The first-order valence-electron chi connectivity index (χ1n) is 7.26. The van der Waals surface area contributed by atoms with Crippen molar-refractivity contribution in [1.29, 1.82) is 0 Å². The van der Waals surface area contributed by atoms with Gasteiger partial charge in [-0.05, 0) is 42.5 Å². The van der Waals surface area contributed by atoms with Gasteiger partial charge in [0.25, 0.3) is 5.91 Å². The molecular weight excluding hydrogens is 339 g/mol. The fourth-order valence-electron chi connectivity index (χ4n) is 2.52. The van der Waals surface area contributed by atoms with Crippen molar-refractivity contribution in [2.75, 3.05) is 18.1 Å². The van der Waals surface area contributed by atoms with Gasteiger partial charge in [0.1, 0.15) is 12.4 Å². The number of carbonyl (C=O) groups excluding carboxylic acids is 1. The second kappa shape index (κ2) is 6.12. The smallest absolute Gasteiger partial charge is 0.416 e. The summed E-state index contributed by atoms with van der Waals surface area (Å²) in [4.78, 5) is 25.0. The molecule has 0 atom stereocenters. The van der Waals surface area contributed by atoms with E-state index in [0.717, 1.165) is 24.3 Å². The fraction of sp³-hybridized carbons (Fsp3) is 0.176. The van der Waals surface area contributed by atoms with E-state index >= 15 is 0 Å². The second-order valence-electron chi connectivity index (χ2n) is 5.37. The molecule has 0 saturated heterocycles. The minimum atomic E-state index is -4.47. The van der Waals surface area contributed by atoms with Crippen molar-refractivity contribution in [3.63, 3.8) is 0 Å². The number of halogens is 3. The summed E-state index contributed by atoms with van der Waals surface area (Å²) in [6, 6.07) is 8.02. The third kappa shape index (κ3) is 3.28. The largest absolute Gasteiger partial charge is 0.490 e. The summed E-state index contributed by atoms with van der Waals surface area (Å²) in [5, 5.41) is 9.00. The Labute approximate surface area is 140 Å². The average molecular weight is 351 g/mol. The molecule has 0 unspecified atom stereocenters. The minimum absolute atomic E-state index is 0.0163. The standard InChI is InChI=1S/C17H12F3NO4/c18-17(19,20)12-4-1-10(2-5-12)15(22)21-7-8-25-14-9-11(16(23)24)3-6-13(14)21/h1-6,9H,7-8H2,(H,23,24). The predicted molar refractivity (Wildman–Crippen MR) is 82.0 cm³/mol. The van der Waals surface area contributed by atoms with Crippen molar-refractivity contribution in [2.24, 2.45) is 0 Å². The Morgan fingerprint density at radius 3 is 2.28 bits per heavy atom. The molecule has 2 aromatic carbocycles. The maximum Gasteiger partial charge on any atom is 0.416 e. The van der Waals surface area contributed by atoms with Gasteiger partial charge in [-0.25, -0.2) is 4.79 Å². The zero-order valence-corrected chi connectivity index (χ0v) is 12.7. The molecule has 1 N–H and O–H groups in total. The number of aromatic carboxylic acids is 1. The van der Waals surface area contributed by atoms with Gasteiger partial charge < -0.3 is 14.7 Å². The van der Waals surface area contributed by atoms with E-state index in [0.29, 0.717) is 5.69 Å². The van der Waals surface area contributed by atoms with Crippen molar-refractivity contribution in [3.05, 3.63) is 59.2 Å². The quantitative estimate of drug-likeness (QED) is 0.900. The van der Waals surface area contributed by atoms with E-state index < -0.39 is 23.6 Å². The molecule has 0 aliphatic carbocycles. The number of fused-ring (bicyclic) bond motifs is 1. The number of nitrogens with zero attached hydrogens (tertiary/aromatic N) is 1. The van der Waals surface area contributed by atoms with Crippen LogP contribution in [0.5, 0.6) is 5.75 Å². The summed E-state index contributed by atoms with van der Waals surface area (Å²) in [5.41, 5.74) is -0.343. The van der Waals surface area contributed by atoms with Crippen LogP contribution < -0.4 is 9.64 Å². The molecule has 1 heterocycles. The highest BCUT2D eigenvalue weighted by atomic mass is 19.4. The lowest BCUT2D eigenvalue weighted by Crippen LogP contribution is -2.38. The van der Waals surface area contributed by atoms with Crippen molar-refractivity contribution in [3.8, 4) is 5.75 Å². The summed E-state index contributed by atoms with van der Waals surface area (Å²) in [5.74, 6) is -1.37. The summed E-state index contributed by atoms with van der Waals surface area (Å²) < 4.78 is 43.2. The number of carboxylic acids is 1. The van der Waals surface area contributed by atoms with Crippen LogP contribution in [0.15, 0.2) is 42.5 Å². The van der Waals surface area contributed by atoms with E-state index in [1.54, 1.807) is 0 Å². The molecule has 0 bridgehead atoms. The zero-order chi connectivity index (χ0) is 18.2. The SMILES string of the molecule is O=C(O)c1ccc2c(c1)OCCN2C(=O)c1ccc(C(F)(F)F)cc1. The first-order valence-corrected chi connectivity index (χ1v) is 7.26. The average Bonchev–Trinajstić information content (AvgIpc) is 2.59. The van der Waals surface area contributed by atoms with Gasteiger partial charge in [-0.15, -0.1) is 0 Å². The van der Waals surface area contributed by atoms with Gasteiger partial charge in [0, 0.05) is 5.56 Å². The van der Waals surface area contributed by atoms with Gasteiger partial charge in [-0.2, -0.15) is 13.2 Å². The Morgan fingerprint density at radius 2 is 1.68 bits per heavy atom. The normalized spacial score (nSPS) is 13.8. The summed E-state index contributed by atoms with van der Waals surface area (Å²) in [6.07, 6.45) is -4.47. The van der Waals surface area contributed by atoms with Crippen LogP contribution in [0.1, 0.15) is 26.3 Å². The first kappa shape index (κ1) is 16.8. The highest BCUT2D eigenvalue weighted by Gasteiger charge is 2.31. The molecular formula is C17H12F3NO4. The monoisotopic (exact) mass is 351 g/mol. The summed E-state index contributed by atoms with van der Waals surface area (Å²) >= 11 is 0. The number of benzene rings is 2. The first-order chi connectivity index (χ1) is 11.8. The Morgan fingerprint density at radius 1 is 1.04 bits per heavy atom. The van der Waals surface area contributed by atoms with Crippen LogP contribution in [0, 0.1) is 0 Å². The van der Waals surface area contributed by atoms with E-state index in [-0.39, 0.29) is 30.0 Å². The number of ether oxygens (including phenoxy) is 1.